The lowest BCUT2D eigenvalue weighted by Crippen LogP contribution is -2.26. The SMILES string of the molecule is Cc1ccc(C(=O)N(C)c2nc3ccccc3o2)cc1F. The number of benzene rings is 2. The molecule has 0 saturated carbocycles. The van der Waals surface area contributed by atoms with Crippen molar-refractivity contribution >= 4 is 23.0 Å². The number of fused-ring (bicyclic) bond motifs is 1. The zero-order chi connectivity index (χ0) is 15.0. The summed E-state index contributed by atoms with van der Waals surface area (Å²) in [5.74, 6) is -0.785. The predicted molar refractivity (Wildman–Crippen MR) is 77.9 cm³/mol. The van der Waals surface area contributed by atoms with Gasteiger partial charge in [-0.25, -0.2) is 4.39 Å². The van der Waals surface area contributed by atoms with Crippen LogP contribution in [0.3, 0.4) is 0 Å². The summed E-state index contributed by atoms with van der Waals surface area (Å²) < 4.78 is 19.1. The molecule has 5 heteroatoms. The molecule has 21 heavy (non-hydrogen) atoms. The van der Waals surface area contributed by atoms with Gasteiger partial charge in [-0.1, -0.05) is 18.2 Å². The molecule has 0 spiro atoms. The number of carbonyl (C=O) groups is 1. The molecule has 1 amide bonds. The minimum atomic E-state index is -0.410. The molecule has 0 unspecified atom stereocenters. The fourth-order valence-electron chi connectivity index (χ4n) is 2.01. The number of amides is 1. The van der Waals surface area contributed by atoms with E-state index in [2.05, 4.69) is 4.98 Å². The highest BCUT2D eigenvalue weighted by Gasteiger charge is 2.19. The highest BCUT2D eigenvalue weighted by molar-refractivity contribution is 6.05. The van der Waals surface area contributed by atoms with E-state index in [9.17, 15) is 9.18 Å². The van der Waals surface area contributed by atoms with Crippen LogP contribution in [0.4, 0.5) is 10.4 Å². The monoisotopic (exact) mass is 284 g/mol. The topological polar surface area (TPSA) is 46.3 Å². The Morgan fingerprint density at radius 2 is 2.00 bits per heavy atom. The third-order valence-corrected chi connectivity index (χ3v) is 3.29. The molecule has 3 rings (SSSR count). The zero-order valence-corrected chi connectivity index (χ0v) is 11.6. The molecule has 0 aliphatic heterocycles. The molecular formula is C16H13FN2O2. The maximum atomic E-state index is 13.6. The average Bonchev–Trinajstić information content (AvgIpc) is 2.92. The summed E-state index contributed by atoms with van der Waals surface area (Å²) in [6.07, 6.45) is 0. The number of hydrogen-bond acceptors (Lipinski definition) is 3. The van der Waals surface area contributed by atoms with Gasteiger partial charge >= 0.3 is 6.01 Å². The molecule has 0 atom stereocenters. The minimum Gasteiger partial charge on any atom is -0.423 e. The summed E-state index contributed by atoms with van der Waals surface area (Å²) in [5, 5.41) is 0. The van der Waals surface area contributed by atoms with Crippen molar-refractivity contribution in [2.75, 3.05) is 11.9 Å². The van der Waals surface area contributed by atoms with Crippen LogP contribution < -0.4 is 4.90 Å². The number of oxazole rings is 1. The molecule has 3 aromatic rings. The van der Waals surface area contributed by atoms with Crippen molar-refractivity contribution in [1.29, 1.82) is 0 Å². The maximum absolute atomic E-state index is 13.6. The standard InChI is InChI=1S/C16H13FN2O2/c1-10-7-8-11(9-12(10)17)15(20)19(2)16-18-13-5-3-4-6-14(13)21-16/h3-9H,1-2H3. The largest absolute Gasteiger partial charge is 0.423 e. The molecule has 106 valence electrons. The van der Waals surface area contributed by atoms with Crippen molar-refractivity contribution in [2.24, 2.45) is 0 Å². The second-order valence-corrected chi connectivity index (χ2v) is 4.79. The summed E-state index contributed by atoms with van der Waals surface area (Å²) in [6, 6.07) is 11.8. The lowest BCUT2D eigenvalue weighted by molar-refractivity contribution is 0.0988. The Balaban J connectivity index is 1.94. The summed E-state index contributed by atoms with van der Waals surface area (Å²) in [6.45, 7) is 1.65. The number of anilines is 1. The Kier molecular flexibility index (Phi) is 3.17. The van der Waals surface area contributed by atoms with E-state index in [1.165, 1.54) is 11.0 Å². The van der Waals surface area contributed by atoms with Crippen LogP contribution in [0.25, 0.3) is 11.1 Å². The quantitative estimate of drug-likeness (QED) is 0.723. The third kappa shape index (κ3) is 2.38. The van der Waals surface area contributed by atoms with E-state index >= 15 is 0 Å². The van der Waals surface area contributed by atoms with Crippen molar-refractivity contribution in [3.63, 3.8) is 0 Å². The van der Waals surface area contributed by atoms with E-state index in [4.69, 9.17) is 4.42 Å². The van der Waals surface area contributed by atoms with Crippen LogP contribution >= 0.6 is 0 Å². The molecule has 0 saturated heterocycles. The van der Waals surface area contributed by atoms with Crippen LogP contribution in [-0.4, -0.2) is 17.9 Å². The Hall–Kier alpha value is -2.69. The van der Waals surface area contributed by atoms with Crippen LogP contribution in [0.2, 0.25) is 0 Å². The van der Waals surface area contributed by atoms with Gasteiger partial charge < -0.3 is 4.42 Å². The van der Waals surface area contributed by atoms with Crippen LogP contribution in [-0.2, 0) is 0 Å². The zero-order valence-electron chi connectivity index (χ0n) is 11.6. The van der Waals surface area contributed by atoms with E-state index in [0.717, 1.165) is 0 Å². The van der Waals surface area contributed by atoms with Gasteiger partial charge in [0.25, 0.3) is 5.91 Å². The fraction of sp³-hybridized carbons (Fsp3) is 0.125. The van der Waals surface area contributed by atoms with Gasteiger partial charge in [0.1, 0.15) is 11.3 Å². The molecule has 1 heterocycles. The number of nitrogens with zero attached hydrogens (tertiary/aromatic N) is 2. The highest BCUT2D eigenvalue weighted by Crippen LogP contribution is 2.22. The number of hydrogen-bond donors (Lipinski definition) is 0. The van der Waals surface area contributed by atoms with E-state index in [1.54, 1.807) is 38.2 Å². The normalized spacial score (nSPS) is 10.8. The van der Waals surface area contributed by atoms with Gasteiger partial charge in [-0.05, 0) is 36.8 Å². The molecular weight excluding hydrogens is 271 g/mol. The third-order valence-electron chi connectivity index (χ3n) is 3.29. The van der Waals surface area contributed by atoms with E-state index < -0.39 is 5.82 Å². The molecule has 0 N–H and O–H groups in total. The number of carbonyl (C=O) groups excluding carboxylic acids is 1. The van der Waals surface area contributed by atoms with E-state index in [-0.39, 0.29) is 17.5 Å². The first-order valence-corrected chi connectivity index (χ1v) is 6.46. The fourth-order valence-corrected chi connectivity index (χ4v) is 2.01. The van der Waals surface area contributed by atoms with E-state index in [1.807, 2.05) is 12.1 Å². The Morgan fingerprint density at radius 3 is 2.71 bits per heavy atom. The number of rotatable bonds is 2. The van der Waals surface area contributed by atoms with E-state index in [0.29, 0.717) is 16.7 Å². The van der Waals surface area contributed by atoms with Gasteiger partial charge in [-0.3, -0.25) is 9.69 Å². The van der Waals surface area contributed by atoms with Crippen molar-refractivity contribution < 1.29 is 13.6 Å². The smallest absolute Gasteiger partial charge is 0.305 e. The van der Waals surface area contributed by atoms with Gasteiger partial charge in [0.2, 0.25) is 0 Å². The Labute approximate surface area is 120 Å². The molecule has 2 aromatic carbocycles. The highest BCUT2D eigenvalue weighted by atomic mass is 19.1. The number of aromatic nitrogens is 1. The number of aryl methyl sites for hydroxylation is 1. The van der Waals surface area contributed by atoms with Crippen molar-refractivity contribution in [1.82, 2.24) is 4.98 Å². The predicted octanol–water partition coefficient (Wildman–Crippen LogP) is 3.55. The van der Waals surface area contributed by atoms with Gasteiger partial charge in [-0.15, -0.1) is 0 Å². The minimum absolute atomic E-state index is 0.183. The molecule has 0 aliphatic rings. The van der Waals surface area contributed by atoms with Gasteiger partial charge in [-0.2, -0.15) is 4.98 Å². The first kappa shape index (κ1) is 13.3. The molecule has 0 fully saturated rings. The maximum Gasteiger partial charge on any atom is 0.305 e. The number of para-hydroxylation sites is 2. The van der Waals surface area contributed by atoms with Crippen molar-refractivity contribution in [3.05, 3.63) is 59.4 Å². The van der Waals surface area contributed by atoms with Crippen LogP contribution in [0, 0.1) is 12.7 Å². The Bertz CT molecular complexity index is 793. The van der Waals surface area contributed by atoms with Crippen molar-refractivity contribution in [3.8, 4) is 0 Å². The first-order valence-electron chi connectivity index (χ1n) is 6.46. The summed E-state index contributed by atoms with van der Waals surface area (Å²) in [4.78, 5) is 17.9. The number of halogens is 1. The second kappa shape index (κ2) is 5.01. The van der Waals surface area contributed by atoms with Crippen molar-refractivity contribution in [2.45, 2.75) is 6.92 Å². The van der Waals surface area contributed by atoms with Crippen LogP contribution in [0.5, 0.6) is 0 Å². The van der Waals surface area contributed by atoms with Gasteiger partial charge in [0.05, 0.1) is 0 Å². The molecule has 0 aliphatic carbocycles. The average molecular weight is 284 g/mol. The molecule has 0 radical (unpaired) electrons. The van der Waals surface area contributed by atoms with Gasteiger partial charge in [0, 0.05) is 12.6 Å². The molecule has 0 bridgehead atoms. The summed E-state index contributed by atoms with van der Waals surface area (Å²) in [5.41, 5.74) is 2.02. The summed E-state index contributed by atoms with van der Waals surface area (Å²) >= 11 is 0. The molecule has 1 aromatic heterocycles. The second-order valence-electron chi connectivity index (χ2n) is 4.79. The Morgan fingerprint density at radius 1 is 1.24 bits per heavy atom. The van der Waals surface area contributed by atoms with Crippen LogP contribution in [0.1, 0.15) is 15.9 Å². The lowest BCUT2D eigenvalue weighted by atomic mass is 10.1. The first-order chi connectivity index (χ1) is 10.1. The lowest BCUT2D eigenvalue weighted by Gasteiger charge is -2.12. The molecule has 4 nitrogen and oxygen atoms in total. The summed E-state index contributed by atoms with van der Waals surface area (Å²) in [7, 11) is 1.55. The van der Waals surface area contributed by atoms with Gasteiger partial charge in [0.15, 0.2) is 5.58 Å². The van der Waals surface area contributed by atoms with Crippen LogP contribution in [0.15, 0.2) is 46.9 Å².